The van der Waals surface area contributed by atoms with Gasteiger partial charge in [-0.3, -0.25) is 9.59 Å². The molecule has 0 atom stereocenters. The predicted molar refractivity (Wildman–Crippen MR) is 108 cm³/mol. The third kappa shape index (κ3) is 7.29. The molecule has 0 bridgehead atoms. The first-order valence-electron chi connectivity index (χ1n) is 8.27. The Labute approximate surface area is 167 Å². The molecule has 0 aliphatic rings. The normalized spacial score (nSPS) is 10.6. The van der Waals surface area contributed by atoms with Crippen LogP contribution in [0.2, 0.25) is 10.0 Å². The monoisotopic (exact) mass is 407 g/mol. The van der Waals surface area contributed by atoms with Crippen LogP contribution in [0, 0.1) is 0 Å². The first kappa shape index (κ1) is 20.7. The SMILES string of the molecule is CCCOc1cccc(C=NNC(=O)CC(=O)Nc2ccc(Cl)c(Cl)c2)c1. The Morgan fingerprint density at radius 3 is 2.67 bits per heavy atom. The lowest BCUT2D eigenvalue weighted by atomic mass is 10.2. The highest BCUT2D eigenvalue weighted by Gasteiger charge is 2.10. The third-order valence-corrected chi connectivity index (χ3v) is 4.00. The van der Waals surface area contributed by atoms with Crippen LogP contribution in [0.3, 0.4) is 0 Å². The van der Waals surface area contributed by atoms with Gasteiger partial charge in [0.2, 0.25) is 11.8 Å². The van der Waals surface area contributed by atoms with Gasteiger partial charge in [-0.1, -0.05) is 42.3 Å². The van der Waals surface area contributed by atoms with Gasteiger partial charge >= 0.3 is 0 Å². The van der Waals surface area contributed by atoms with Gasteiger partial charge in [0, 0.05) is 5.69 Å². The fraction of sp³-hybridized carbons (Fsp3) is 0.211. The van der Waals surface area contributed by atoms with Crippen LogP contribution in [-0.4, -0.2) is 24.6 Å². The average Bonchev–Trinajstić information content (AvgIpc) is 2.63. The molecular formula is C19H19Cl2N3O3. The quantitative estimate of drug-likeness (QED) is 0.389. The van der Waals surface area contributed by atoms with Crippen LogP contribution in [0.15, 0.2) is 47.6 Å². The Balaban J connectivity index is 1.82. The van der Waals surface area contributed by atoms with Crippen LogP contribution in [0.4, 0.5) is 5.69 Å². The number of ether oxygens (including phenoxy) is 1. The molecule has 8 heteroatoms. The van der Waals surface area contributed by atoms with E-state index in [0.717, 1.165) is 17.7 Å². The lowest BCUT2D eigenvalue weighted by molar-refractivity contribution is -0.126. The van der Waals surface area contributed by atoms with E-state index in [-0.39, 0.29) is 6.42 Å². The number of nitrogens with zero attached hydrogens (tertiary/aromatic N) is 1. The van der Waals surface area contributed by atoms with Crippen molar-refractivity contribution in [3.8, 4) is 5.75 Å². The Morgan fingerprint density at radius 2 is 1.93 bits per heavy atom. The molecule has 2 rings (SSSR count). The lowest BCUT2D eigenvalue weighted by Gasteiger charge is -2.06. The molecule has 2 aromatic carbocycles. The molecular weight excluding hydrogens is 389 g/mol. The fourth-order valence-electron chi connectivity index (χ4n) is 2.05. The summed E-state index contributed by atoms with van der Waals surface area (Å²) in [4.78, 5) is 23.7. The van der Waals surface area contributed by atoms with E-state index in [1.807, 2.05) is 31.2 Å². The Bertz CT molecular complexity index is 841. The minimum Gasteiger partial charge on any atom is -0.494 e. The number of hydrogen-bond donors (Lipinski definition) is 2. The molecule has 2 N–H and O–H groups in total. The molecule has 0 unspecified atom stereocenters. The van der Waals surface area contributed by atoms with Crippen molar-refractivity contribution in [1.29, 1.82) is 0 Å². The Kier molecular flexibility index (Phi) is 8.10. The molecule has 2 aromatic rings. The maximum atomic E-state index is 11.9. The molecule has 2 amide bonds. The molecule has 0 aliphatic carbocycles. The van der Waals surface area contributed by atoms with Crippen molar-refractivity contribution < 1.29 is 14.3 Å². The van der Waals surface area contributed by atoms with E-state index in [2.05, 4.69) is 15.8 Å². The van der Waals surface area contributed by atoms with E-state index in [1.165, 1.54) is 12.3 Å². The number of rotatable bonds is 8. The highest BCUT2D eigenvalue weighted by atomic mass is 35.5. The number of hydrogen-bond acceptors (Lipinski definition) is 4. The van der Waals surface area contributed by atoms with Crippen molar-refractivity contribution in [2.45, 2.75) is 19.8 Å². The number of halogens is 2. The minimum absolute atomic E-state index is 0.314. The van der Waals surface area contributed by atoms with Crippen molar-refractivity contribution >= 4 is 46.9 Å². The molecule has 27 heavy (non-hydrogen) atoms. The van der Waals surface area contributed by atoms with Crippen LogP contribution in [0.25, 0.3) is 0 Å². The largest absolute Gasteiger partial charge is 0.494 e. The summed E-state index contributed by atoms with van der Waals surface area (Å²) in [5.74, 6) is -0.300. The summed E-state index contributed by atoms with van der Waals surface area (Å²) < 4.78 is 5.53. The van der Waals surface area contributed by atoms with Gasteiger partial charge in [0.25, 0.3) is 0 Å². The van der Waals surface area contributed by atoms with Crippen LogP contribution >= 0.6 is 23.2 Å². The molecule has 142 valence electrons. The summed E-state index contributed by atoms with van der Waals surface area (Å²) in [6.45, 7) is 2.66. The van der Waals surface area contributed by atoms with E-state index >= 15 is 0 Å². The molecule has 0 heterocycles. The molecule has 0 saturated heterocycles. The lowest BCUT2D eigenvalue weighted by Crippen LogP contribution is -2.24. The molecule has 0 spiro atoms. The van der Waals surface area contributed by atoms with Crippen molar-refractivity contribution in [3.05, 3.63) is 58.1 Å². The van der Waals surface area contributed by atoms with Crippen LogP contribution in [-0.2, 0) is 9.59 Å². The zero-order chi connectivity index (χ0) is 19.6. The predicted octanol–water partition coefficient (Wildman–Crippen LogP) is 4.26. The highest BCUT2D eigenvalue weighted by Crippen LogP contribution is 2.25. The highest BCUT2D eigenvalue weighted by molar-refractivity contribution is 6.42. The standard InChI is InChI=1S/C19H19Cl2N3O3/c1-2-8-27-15-5-3-4-13(9-15)12-22-24-19(26)11-18(25)23-14-6-7-16(20)17(21)10-14/h3-7,9-10,12H,2,8,11H2,1H3,(H,23,25)(H,24,26). The number of amides is 2. The fourth-order valence-corrected chi connectivity index (χ4v) is 2.35. The number of nitrogens with one attached hydrogen (secondary N) is 2. The minimum atomic E-state index is -0.540. The Hall–Kier alpha value is -2.57. The van der Waals surface area contributed by atoms with Gasteiger partial charge in [0.05, 0.1) is 22.9 Å². The maximum Gasteiger partial charge on any atom is 0.249 e. The van der Waals surface area contributed by atoms with Gasteiger partial charge in [0.15, 0.2) is 0 Å². The van der Waals surface area contributed by atoms with Crippen molar-refractivity contribution in [1.82, 2.24) is 5.43 Å². The summed E-state index contributed by atoms with van der Waals surface area (Å²) >= 11 is 11.7. The second kappa shape index (κ2) is 10.5. The van der Waals surface area contributed by atoms with Gasteiger partial charge in [0.1, 0.15) is 12.2 Å². The van der Waals surface area contributed by atoms with E-state index in [4.69, 9.17) is 27.9 Å². The summed E-state index contributed by atoms with van der Waals surface area (Å²) in [6, 6.07) is 12.0. The van der Waals surface area contributed by atoms with Crippen LogP contribution in [0.5, 0.6) is 5.75 Å². The summed E-state index contributed by atoms with van der Waals surface area (Å²) in [5.41, 5.74) is 3.53. The number of benzene rings is 2. The molecule has 0 fully saturated rings. The van der Waals surface area contributed by atoms with E-state index in [1.54, 1.807) is 12.1 Å². The summed E-state index contributed by atoms with van der Waals surface area (Å²) in [6.07, 6.45) is 2.02. The molecule has 0 radical (unpaired) electrons. The summed E-state index contributed by atoms with van der Waals surface area (Å²) in [5, 5.41) is 7.11. The van der Waals surface area contributed by atoms with Gasteiger partial charge in [-0.25, -0.2) is 5.43 Å². The zero-order valence-electron chi connectivity index (χ0n) is 14.7. The first-order chi connectivity index (χ1) is 13.0. The maximum absolute atomic E-state index is 11.9. The van der Waals surface area contributed by atoms with Gasteiger partial charge in [-0.15, -0.1) is 0 Å². The van der Waals surface area contributed by atoms with Crippen molar-refractivity contribution in [2.75, 3.05) is 11.9 Å². The molecule has 6 nitrogen and oxygen atoms in total. The van der Waals surface area contributed by atoms with Crippen LogP contribution < -0.4 is 15.5 Å². The molecule has 0 aromatic heterocycles. The Morgan fingerprint density at radius 1 is 1.11 bits per heavy atom. The van der Waals surface area contributed by atoms with E-state index in [9.17, 15) is 9.59 Å². The second-order valence-electron chi connectivity index (χ2n) is 5.57. The summed E-state index contributed by atoms with van der Waals surface area (Å²) in [7, 11) is 0. The third-order valence-electron chi connectivity index (χ3n) is 3.26. The van der Waals surface area contributed by atoms with Crippen molar-refractivity contribution in [2.24, 2.45) is 5.10 Å². The van der Waals surface area contributed by atoms with E-state index in [0.29, 0.717) is 22.3 Å². The number of carbonyl (C=O) groups is 2. The second-order valence-corrected chi connectivity index (χ2v) is 6.38. The average molecular weight is 408 g/mol. The zero-order valence-corrected chi connectivity index (χ0v) is 16.2. The smallest absolute Gasteiger partial charge is 0.249 e. The molecule has 0 saturated carbocycles. The number of hydrazone groups is 1. The van der Waals surface area contributed by atoms with Crippen LogP contribution in [0.1, 0.15) is 25.3 Å². The number of anilines is 1. The van der Waals surface area contributed by atoms with Gasteiger partial charge in [-0.2, -0.15) is 5.10 Å². The first-order valence-corrected chi connectivity index (χ1v) is 9.03. The van der Waals surface area contributed by atoms with E-state index < -0.39 is 11.8 Å². The van der Waals surface area contributed by atoms with Gasteiger partial charge < -0.3 is 10.1 Å². The molecule has 0 aliphatic heterocycles. The van der Waals surface area contributed by atoms with Crippen molar-refractivity contribution in [3.63, 3.8) is 0 Å². The topological polar surface area (TPSA) is 79.8 Å². The number of carbonyl (C=O) groups excluding carboxylic acids is 2. The van der Waals surface area contributed by atoms with Gasteiger partial charge in [-0.05, 0) is 42.3 Å².